The van der Waals surface area contributed by atoms with Crippen LogP contribution in [0.1, 0.15) is 21.5 Å². The number of carbonyl (C=O) groups excluding carboxylic acids is 1. The van der Waals surface area contributed by atoms with Gasteiger partial charge in [-0.05, 0) is 54.3 Å². The van der Waals surface area contributed by atoms with Gasteiger partial charge in [0.25, 0.3) is 5.91 Å². The molecule has 6 heteroatoms. The van der Waals surface area contributed by atoms with Crippen LogP contribution in [0.2, 0.25) is 0 Å². The van der Waals surface area contributed by atoms with E-state index in [2.05, 4.69) is 15.4 Å². The number of pyridine rings is 1. The van der Waals surface area contributed by atoms with Crippen molar-refractivity contribution in [2.24, 2.45) is 0 Å². The van der Waals surface area contributed by atoms with E-state index in [9.17, 15) is 9.18 Å². The number of rotatable bonds is 6. The summed E-state index contributed by atoms with van der Waals surface area (Å²) < 4.78 is 16.3. The van der Waals surface area contributed by atoms with Crippen LogP contribution in [0.3, 0.4) is 0 Å². The van der Waals surface area contributed by atoms with E-state index in [0.29, 0.717) is 12.4 Å². The van der Waals surface area contributed by atoms with Crippen molar-refractivity contribution < 1.29 is 9.18 Å². The summed E-state index contributed by atoms with van der Waals surface area (Å²) in [5.74, 6) is -0.707. The third-order valence-corrected chi connectivity index (χ3v) is 4.86. The van der Waals surface area contributed by atoms with Crippen molar-refractivity contribution in [3.63, 3.8) is 0 Å². The lowest BCUT2D eigenvalue weighted by atomic mass is 10.0. The quantitative estimate of drug-likeness (QED) is 0.501. The van der Waals surface area contributed by atoms with Gasteiger partial charge in [0.05, 0.1) is 5.56 Å². The van der Waals surface area contributed by atoms with Gasteiger partial charge in [-0.1, -0.05) is 35.9 Å². The molecular formula is C24H21FN4O. The van der Waals surface area contributed by atoms with Gasteiger partial charge in [-0.15, -0.1) is 0 Å². The van der Waals surface area contributed by atoms with E-state index in [4.69, 9.17) is 0 Å². The molecule has 4 aromatic rings. The molecule has 1 N–H and O–H groups in total. The maximum atomic E-state index is 14.6. The monoisotopic (exact) mass is 400 g/mol. The molecule has 150 valence electrons. The number of nitrogens with one attached hydrogen (secondary N) is 1. The second-order valence-electron chi connectivity index (χ2n) is 7.08. The molecule has 2 aromatic heterocycles. The Morgan fingerprint density at radius 2 is 1.73 bits per heavy atom. The van der Waals surface area contributed by atoms with Gasteiger partial charge in [-0.25, -0.2) is 4.39 Å². The highest BCUT2D eigenvalue weighted by molar-refractivity contribution is 6.04. The Balaban J connectivity index is 1.41. The first kappa shape index (κ1) is 19.5. The van der Waals surface area contributed by atoms with E-state index in [-0.39, 0.29) is 5.56 Å². The SMILES string of the molecule is Cc1ccc(-c2ccc(C(=O)Nc3ccn(CCc4ccncc4)n3)c(F)c2)cc1. The summed E-state index contributed by atoms with van der Waals surface area (Å²) in [5.41, 5.74) is 3.90. The molecule has 2 aromatic carbocycles. The van der Waals surface area contributed by atoms with Gasteiger partial charge in [-0.2, -0.15) is 5.10 Å². The summed E-state index contributed by atoms with van der Waals surface area (Å²) in [6.45, 7) is 2.66. The summed E-state index contributed by atoms with van der Waals surface area (Å²) in [4.78, 5) is 16.5. The van der Waals surface area contributed by atoms with Gasteiger partial charge in [0.1, 0.15) is 5.82 Å². The molecule has 0 saturated heterocycles. The van der Waals surface area contributed by atoms with E-state index in [1.165, 1.54) is 12.1 Å². The fourth-order valence-electron chi connectivity index (χ4n) is 3.15. The summed E-state index contributed by atoms with van der Waals surface area (Å²) in [7, 11) is 0. The lowest BCUT2D eigenvalue weighted by Gasteiger charge is -2.07. The first-order valence-electron chi connectivity index (χ1n) is 9.69. The number of hydrogen-bond acceptors (Lipinski definition) is 3. The summed E-state index contributed by atoms with van der Waals surface area (Å²) in [5, 5.41) is 7.00. The van der Waals surface area contributed by atoms with Gasteiger partial charge < -0.3 is 5.32 Å². The second kappa shape index (κ2) is 8.69. The van der Waals surface area contributed by atoms with Crippen molar-refractivity contribution in [1.82, 2.24) is 14.8 Å². The number of benzene rings is 2. The van der Waals surface area contributed by atoms with Crippen LogP contribution in [-0.4, -0.2) is 20.7 Å². The van der Waals surface area contributed by atoms with E-state index in [1.54, 1.807) is 35.4 Å². The molecule has 5 nitrogen and oxygen atoms in total. The molecule has 0 aliphatic heterocycles. The molecule has 0 aliphatic carbocycles. The number of anilines is 1. The zero-order valence-electron chi connectivity index (χ0n) is 16.5. The Labute approximate surface area is 174 Å². The van der Waals surface area contributed by atoms with Crippen LogP contribution in [-0.2, 0) is 13.0 Å². The first-order valence-corrected chi connectivity index (χ1v) is 9.69. The lowest BCUT2D eigenvalue weighted by Crippen LogP contribution is -2.14. The molecular weight excluding hydrogens is 379 g/mol. The van der Waals surface area contributed by atoms with Gasteiger partial charge in [0, 0.05) is 31.2 Å². The van der Waals surface area contributed by atoms with E-state index >= 15 is 0 Å². The number of carbonyl (C=O) groups is 1. The van der Waals surface area contributed by atoms with Crippen LogP contribution in [0.4, 0.5) is 10.2 Å². The Bertz CT molecular complexity index is 1150. The molecule has 1 amide bonds. The van der Waals surface area contributed by atoms with Crippen LogP contribution in [0.25, 0.3) is 11.1 Å². The van der Waals surface area contributed by atoms with Crippen LogP contribution in [0.5, 0.6) is 0 Å². The maximum absolute atomic E-state index is 14.6. The van der Waals surface area contributed by atoms with Gasteiger partial charge in [-0.3, -0.25) is 14.5 Å². The van der Waals surface area contributed by atoms with E-state index < -0.39 is 11.7 Å². The topological polar surface area (TPSA) is 59.8 Å². The average Bonchev–Trinajstić information content (AvgIpc) is 3.20. The van der Waals surface area contributed by atoms with Crippen molar-refractivity contribution >= 4 is 11.7 Å². The largest absolute Gasteiger partial charge is 0.305 e. The minimum Gasteiger partial charge on any atom is -0.305 e. The molecule has 0 fully saturated rings. The predicted molar refractivity (Wildman–Crippen MR) is 115 cm³/mol. The van der Waals surface area contributed by atoms with Crippen LogP contribution in [0, 0.1) is 12.7 Å². The van der Waals surface area contributed by atoms with Gasteiger partial charge >= 0.3 is 0 Å². The minimum atomic E-state index is -0.567. The maximum Gasteiger partial charge on any atom is 0.259 e. The third kappa shape index (κ3) is 4.60. The summed E-state index contributed by atoms with van der Waals surface area (Å²) >= 11 is 0. The minimum absolute atomic E-state index is 0.0165. The molecule has 4 rings (SSSR count). The lowest BCUT2D eigenvalue weighted by molar-refractivity contribution is 0.102. The predicted octanol–water partition coefficient (Wildman–Crippen LogP) is 4.89. The first-order chi connectivity index (χ1) is 14.6. The standard InChI is InChI=1S/C24H21FN4O/c1-17-2-4-19(5-3-17)20-6-7-21(22(25)16-20)24(30)27-23-11-15-29(28-23)14-10-18-8-12-26-13-9-18/h2-9,11-13,15-16H,10,14H2,1H3,(H,27,28,30). The number of aromatic nitrogens is 3. The zero-order valence-corrected chi connectivity index (χ0v) is 16.5. The molecule has 0 aliphatic rings. The highest BCUT2D eigenvalue weighted by Crippen LogP contribution is 2.23. The van der Waals surface area contributed by atoms with Gasteiger partial charge in [0.15, 0.2) is 5.82 Å². The molecule has 0 radical (unpaired) electrons. The van der Waals surface area contributed by atoms with Crippen LogP contribution in [0.15, 0.2) is 79.3 Å². The molecule has 0 saturated carbocycles. The van der Waals surface area contributed by atoms with Crippen molar-refractivity contribution in [2.45, 2.75) is 19.9 Å². The van der Waals surface area contributed by atoms with Crippen LogP contribution < -0.4 is 5.32 Å². The molecule has 0 atom stereocenters. The smallest absolute Gasteiger partial charge is 0.259 e. The Morgan fingerprint density at radius 1 is 1.00 bits per heavy atom. The van der Waals surface area contributed by atoms with Crippen molar-refractivity contribution in [3.8, 4) is 11.1 Å². The van der Waals surface area contributed by atoms with Gasteiger partial charge in [0.2, 0.25) is 0 Å². The Hall–Kier alpha value is -3.80. The van der Waals surface area contributed by atoms with E-state index in [0.717, 1.165) is 28.7 Å². The van der Waals surface area contributed by atoms with Crippen molar-refractivity contribution in [3.05, 3.63) is 102 Å². The molecule has 30 heavy (non-hydrogen) atoms. The van der Waals surface area contributed by atoms with E-state index in [1.807, 2.05) is 43.3 Å². The van der Waals surface area contributed by atoms with Crippen LogP contribution >= 0.6 is 0 Å². The average molecular weight is 400 g/mol. The van der Waals surface area contributed by atoms with Crippen molar-refractivity contribution in [1.29, 1.82) is 0 Å². The zero-order chi connectivity index (χ0) is 20.9. The number of aryl methyl sites for hydroxylation is 3. The highest BCUT2D eigenvalue weighted by atomic mass is 19.1. The number of nitrogens with zero attached hydrogens (tertiary/aromatic N) is 3. The Morgan fingerprint density at radius 3 is 2.47 bits per heavy atom. The van der Waals surface area contributed by atoms with Crippen molar-refractivity contribution in [2.75, 3.05) is 5.32 Å². The second-order valence-corrected chi connectivity index (χ2v) is 7.08. The number of halogens is 1. The number of amides is 1. The molecule has 0 spiro atoms. The molecule has 0 bridgehead atoms. The summed E-state index contributed by atoms with van der Waals surface area (Å²) in [6, 6.07) is 18.0. The summed E-state index contributed by atoms with van der Waals surface area (Å²) in [6.07, 6.45) is 6.09. The molecule has 2 heterocycles. The Kier molecular flexibility index (Phi) is 5.66. The fourth-order valence-corrected chi connectivity index (χ4v) is 3.15. The third-order valence-electron chi connectivity index (χ3n) is 4.86. The highest BCUT2D eigenvalue weighted by Gasteiger charge is 2.14. The normalized spacial score (nSPS) is 10.7. The number of hydrogen-bond donors (Lipinski definition) is 1. The fraction of sp³-hybridized carbons (Fsp3) is 0.125. The molecule has 0 unspecified atom stereocenters.